The van der Waals surface area contributed by atoms with Gasteiger partial charge in [-0.05, 0) is 68.7 Å². The number of carbonyl (C=O) groups is 2. The summed E-state index contributed by atoms with van der Waals surface area (Å²) in [6.45, 7) is 8.37. The SMILES string of the molecule is CCCCCN1C(=O)C(=O)/C(=C(\O)c2ccc(OC(C)C)c(C)c2)C1c1ccc(N(C)C)cc1. The van der Waals surface area contributed by atoms with Crippen LogP contribution in [0.3, 0.4) is 0 Å². The van der Waals surface area contributed by atoms with Gasteiger partial charge in [-0.2, -0.15) is 0 Å². The maximum absolute atomic E-state index is 13.2. The van der Waals surface area contributed by atoms with Gasteiger partial charge in [0.15, 0.2) is 0 Å². The van der Waals surface area contributed by atoms with E-state index in [2.05, 4.69) is 6.92 Å². The van der Waals surface area contributed by atoms with Crippen molar-refractivity contribution in [3.05, 3.63) is 64.7 Å². The Kier molecular flexibility index (Phi) is 8.02. The number of likely N-dealkylation sites (tertiary alicyclic amines) is 1. The Morgan fingerprint density at radius 2 is 1.76 bits per heavy atom. The molecule has 6 nitrogen and oxygen atoms in total. The van der Waals surface area contributed by atoms with Crippen molar-refractivity contribution in [2.45, 2.75) is 59.1 Å². The predicted molar refractivity (Wildman–Crippen MR) is 136 cm³/mol. The molecule has 6 heteroatoms. The van der Waals surface area contributed by atoms with Crippen molar-refractivity contribution in [2.24, 2.45) is 0 Å². The minimum absolute atomic E-state index is 0.0247. The molecule has 0 radical (unpaired) electrons. The summed E-state index contributed by atoms with van der Waals surface area (Å²) in [4.78, 5) is 29.8. The van der Waals surface area contributed by atoms with Crippen LogP contribution >= 0.6 is 0 Å². The number of aliphatic hydroxyl groups is 1. The molecule has 0 aromatic heterocycles. The van der Waals surface area contributed by atoms with E-state index < -0.39 is 17.7 Å². The fraction of sp³-hybridized carbons (Fsp3) is 0.429. The molecule has 1 unspecified atom stereocenters. The molecule has 1 amide bonds. The Hall–Kier alpha value is -3.28. The second kappa shape index (κ2) is 10.8. The van der Waals surface area contributed by atoms with Gasteiger partial charge in [0.2, 0.25) is 0 Å². The first-order chi connectivity index (χ1) is 16.1. The Bertz CT molecular complexity index is 1070. The number of ether oxygens (including phenoxy) is 1. The molecule has 1 heterocycles. The highest BCUT2D eigenvalue weighted by molar-refractivity contribution is 6.46. The number of unbranched alkanes of at least 4 members (excludes halogenated alkanes) is 2. The second-order valence-corrected chi connectivity index (χ2v) is 9.33. The largest absolute Gasteiger partial charge is 0.507 e. The van der Waals surface area contributed by atoms with Crippen LogP contribution in [0.4, 0.5) is 5.69 Å². The Morgan fingerprint density at radius 1 is 1.09 bits per heavy atom. The van der Waals surface area contributed by atoms with Crippen molar-refractivity contribution in [1.29, 1.82) is 0 Å². The van der Waals surface area contributed by atoms with Crippen molar-refractivity contribution in [3.8, 4) is 5.75 Å². The first-order valence-corrected chi connectivity index (χ1v) is 12.0. The van der Waals surface area contributed by atoms with Crippen molar-refractivity contribution in [3.63, 3.8) is 0 Å². The van der Waals surface area contributed by atoms with Gasteiger partial charge in [-0.1, -0.05) is 31.9 Å². The second-order valence-electron chi connectivity index (χ2n) is 9.33. The van der Waals surface area contributed by atoms with Crippen LogP contribution in [0, 0.1) is 6.92 Å². The van der Waals surface area contributed by atoms with Crippen molar-refractivity contribution in [2.75, 3.05) is 25.5 Å². The van der Waals surface area contributed by atoms with Crippen molar-refractivity contribution < 1.29 is 19.4 Å². The van der Waals surface area contributed by atoms with Crippen LogP contribution in [0.5, 0.6) is 5.75 Å². The van der Waals surface area contributed by atoms with E-state index in [0.717, 1.165) is 41.8 Å². The van der Waals surface area contributed by atoms with E-state index >= 15 is 0 Å². The third-order valence-corrected chi connectivity index (χ3v) is 6.08. The van der Waals surface area contributed by atoms with E-state index in [9.17, 15) is 14.7 Å². The number of Topliss-reactive ketones (excluding diaryl/α,β-unsaturated/α-hetero) is 1. The van der Waals surface area contributed by atoms with Gasteiger partial charge >= 0.3 is 0 Å². The van der Waals surface area contributed by atoms with E-state index in [1.165, 1.54) is 0 Å². The zero-order chi connectivity index (χ0) is 25.0. The molecule has 0 spiro atoms. The first-order valence-electron chi connectivity index (χ1n) is 12.0. The van der Waals surface area contributed by atoms with Crippen LogP contribution in [-0.2, 0) is 9.59 Å². The molecule has 1 saturated heterocycles. The first kappa shape index (κ1) is 25.3. The lowest BCUT2D eigenvalue weighted by atomic mass is 9.94. The molecule has 2 aromatic rings. The molecule has 34 heavy (non-hydrogen) atoms. The van der Waals surface area contributed by atoms with Crippen LogP contribution in [0.2, 0.25) is 0 Å². The summed E-state index contributed by atoms with van der Waals surface area (Å²) in [5.74, 6) is -0.633. The number of hydrogen-bond acceptors (Lipinski definition) is 5. The monoisotopic (exact) mass is 464 g/mol. The molecule has 182 valence electrons. The summed E-state index contributed by atoms with van der Waals surface area (Å²) >= 11 is 0. The van der Waals surface area contributed by atoms with Gasteiger partial charge in [0.25, 0.3) is 11.7 Å². The van der Waals surface area contributed by atoms with Crippen LogP contribution < -0.4 is 9.64 Å². The molecule has 1 N–H and O–H groups in total. The van der Waals surface area contributed by atoms with Gasteiger partial charge in [0.1, 0.15) is 11.5 Å². The van der Waals surface area contributed by atoms with Gasteiger partial charge in [-0.25, -0.2) is 0 Å². The molecule has 3 rings (SSSR count). The third kappa shape index (κ3) is 5.27. The maximum Gasteiger partial charge on any atom is 0.295 e. The van der Waals surface area contributed by atoms with Crippen molar-refractivity contribution in [1.82, 2.24) is 4.90 Å². The summed E-state index contributed by atoms with van der Waals surface area (Å²) in [6.07, 6.45) is 2.80. The number of hydrogen-bond donors (Lipinski definition) is 1. The number of amides is 1. The maximum atomic E-state index is 13.2. The molecule has 1 aliphatic rings. The van der Waals surface area contributed by atoms with Crippen LogP contribution in [-0.4, -0.2) is 48.4 Å². The van der Waals surface area contributed by atoms with Gasteiger partial charge in [-0.15, -0.1) is 0 Å². The molecule has 0 aliphatic carbocycles. The lowest BCUT2D eigenvalue weighted by Gasteiger charge is -2.26. The normalized spacial score (nSPS) is 17.5. The fourth-order valence-electron chi connectivity index (χ4n) is 4.28. The van der Waals surface area contributed by atoms with Gasteiger partial charge in [0, 0.05) is 31.9 Å². The molecule has 2 aromatic carbocycles. The minimum atomic E-state index is -0.643. The summed E-state index contributed by atoms with van der Waals surface area (Å²) in [7, 11) is 3.92. The Labute approximate surface area is 202 Å². The van der Waals surface area contributed by atoms with Gasteiger partial charge in [0.05, 0.1) is 17.7 Å². The molecular formula is C28H36N2O4. The quantitative estimate of drug-likeness (QED) is 0.231. The number of rotatable bonds is 9. The summed E-state index contributed by atoms with van der Waals surface area (Å²) in [5, 5.41) is 11.3. The molecule has 1 fully saturated rings. The molecular weight excluding hydrogens is 428 g/mol. The number of anilines is 1. The third-order valence-electron chi connectivity index (χ3n) is 6.08. The summed E-state index contributed by atoms with van der Waals surface area (Å²) in [6, 6.07) is 12.5. The average molecular weight is 465 g/mol. The zero-order valence-corrected chi connectivity index (χ0v) is 21.1. The van der Waals surface area contributed by atoms with Gasteiger partial charge < -0.3 is 19.6 Å². The number of carbonyl (C=O) groups excluding carboxylic acids is 2. The van der Waals surface area contributed by atoms with E-state index in [-0.39, 0.29) is 17.4 Å². The fourth-order valence-corrected chi connectivity index (χ4v) is 4.28. The lowest BCUT2D eigenvalue weighted by Crippen LogP contribution is -2.30. The number of ketones is 1. The average Bonchev–Trinajstić information content (AvgIpc) is 3.05. The van der Waals surface area contributed by atoms with Crippen molar-refractivity contribution >= 4 is 23.1 Å². The van der Waals surface area contributed by atoms with E-state index in [0.29, 0.717) is 12.1 Å². The molecule has 1 atom stereocenters. The zero-order valence-electron chi connectivity index (χ0n) is 21.1. The lowest BCUT2D eigenvalue weighted by molar-refractivity contribution is -0.139. The predicted octanol–water partition coefficient (Wildman–Crippen LogP) is 5.46. The number of benzene rings is 2. The summed E-state index contributed by atoms with van der Waals surface area (Å²) < 4.78 is 5.81. The minimum Gasteiger partial charge on any atom is -0.507 e. The highest BCUT2D eigenvalue weighted by Gasteiger charge is 2.45. The Morgan fingerprint density at radius 3 is 2.32 bits per heavy atom. The smallest absolute Gasteiger partial charge is 0.295 e. The highest BCUT2D eigenvalue weighted by atomic mass is 16.5. The van der Waals surface area contributed by atoms with Crippen LogP contribution in [0.1, 0.15) is 62.8 Å². The van der Waals surface area contributed by atoms with Crippen LogP contribution in [0.25, 0.3) is 5.76 Å². The number of nitrogens with zero attached hydrogens (tertiary/aromatic N) is 2. The van der Waals surface area contributed by atoms with E-state index in [1.54, 1.807) is 23.1 Å². The van der Waals surface area contributed by atoms with E-state index in [1.807, 2.05) is 64.0 Å². The van der Waals surface area contributed by atoms with Gasteiger partial charge in [-0.3, -0.25) is 9.59 Å². The number of aryl methyl sites for hydroxylation is 1. The Balaban J connectivity index is 2.09. The number of aliphatic hydroxyl groups excluding tert-OH is 1. The van der Waals surface area contributed by atoms with Crippen LogP contribution in [0.15, 0.2) is 48.0 Å². The molecule has 1 aliphatic heterocycles. The van der Waals surface area contributed by atoms with E-state index in [4.69, 9.17) is 4.74 Å². The molecule has 0 bridgehead atoms. The standard InChI is InChI=1S/C28H36N2O4/c1-7-8-9-16-30-25(20-10-13-22(14-11-20)29(5)6)24(27(32)28(30)33)26(31)21-12-15-23(19(4)17-21)34-18(2)3/h10-15,17-18,25,31H,7-9,16H2,1-6H3/b26-24-. The molecule has 0 saturated carbocycles. The highest BCUT2D eigenvalue weighted by Crippen LogP contribution is 2.40. The topological polar surface area (TPSA) is 70.1 Å². The summed E-state index contributed by atoms with van der Waals surface area (Å²) in [5.41, 5.74) is 3.30.